The van der Waals surface area contributed by atoms with E-state index in [0.29, 0.717) is 11.5 Å². The van der Waals surface area contributed by atoms with Crippen LogP contribution in [0, 0.1) is 24.2 Å². The van der Waals surface area contributed by atoms with Crippen LogP contribution < -0.4 is 14.5 Å². The van der Waals surface area contributed by atoms with E-state index >= 15 is 0 Å². The number of hydrogen-bond donors (Lipinski definition) is 0. The topological polar surface area (TPSA) is 33.5 Å². The molecule has 3 heterocycles. The Morgan fingerprint density at radius 2 is 1.22 bits per heavy atom. The summed E-state index contributed by atoms with van der Waals surface area (Å²) in [6.45, 7) is 27.0. The minimum absolute atomic E-state index is 0. The first-order valence-electron chi connectivity index (χ1n) is 22.4. The molecular weight excluding hydrogens is 976 g/mol. The molecule has 0 bridgehead atoms. The van der Waals surface area contributed by atoms with E-state index in [1.807, 2.05) is 12.3 Å². The zero-order valence-electron chi connectivity index (χ0n) is 39.5. The van der Waals surface area contributed by atoms with Crippen molar-refractivity contribution in [2.75, 3.05) is 9.80 Å². The van der Waals surface area contributed by atoms with E-state index in [2.05, 4.69) is 249 Å². The van der Waals surface area contributed by atoms with E-state index in [-0.39, 0.29) is 42.7 Å². The largest absolute Gasteiger partial charge is 0.509 e. The van der Waals surface area contributed by atoms with Crippen molar-refractivity contribution in [2.45, 2.75) is 92.4 Å². The monoisotopic (exact) mass is 1030 g/mol. The molecule has 6 aromatic carbocycles. The second kappa shape index (κ2) is 17.1. The number of allylic oxidation sites excluding steroid dienone is 1. The molecule has 0 saturated carbocycles. The van der Waals surface area contributed by atoms with Crippen molar-refractivity contribution < 1.29 is 25.8 Å². The van der Waals surface area contributed by atoms with Gasteiger partial charge >= 0.3 is 0 Å². The first kappa shape index (κ1) is 45.7. The molecule has 334 valence electrons. The van der Waals surface area contributed by atoms with Crippen LogP contribution in [0.15, 0.2) is 158 Å². The quantitative estimate of drug-likeness (QED) is 0.142. The molecule has 0 saturated heterocycles. The third-order valence-electron chi connectivity index (χ3n) is 12.7. The Morgan fingerprint density at radius 3 is 1.91 bits per heavy atom. The van der Waals surface area contributed by atoms with Crippen LogP contribution in [-0.4, -0.2) is 9.55 Å². The van der Waals surface area contributed by atoms with Crippen LogP contribution in [0.3, 0.4) is 0 Å². The summed E-state index contributed by atoms with van der Waals surface area (Å²) in [6, 6.07) is 57.2. The van der Waals surface area contributed by atoms with Crippen LogP contribution in [0.25, 0.3) is 38.8 Å². The van der Waals surface area contributed by atoms with Crippen LogP contribution in [0.1, 0.15) is 98.4 Å². The average molecular weight is 1040 g/mol. The Balaban J connectivity index is 0.00000576. The fourth-order valence-corrected chi connectivity index (χ4v) is 8.70. The molecule has 6 heteroatoms. The van der Waals surface area contributed by atoms with E-state index in [1.54, 1.807) is 0 Å². The van der Waals surface area contributed by atoms with Crippen molar-refractivity contribution in [3.05, 3.63) is 199 Å². The van der Waals surface area contributed by atoms with Gasteiger partial charge in [0.2, 0.25) is 0 Å². The summed E-state index contributed by atoms with van der Waals surface area (Å²) in [7, 11) is 0. The van der Waals surface area contributed by atoms with Gasteiger partial charge in [-0.05, 0) is 80.6 Å². The standard InChI is InChI=1S/C59H59N4O.Pt/c1-56(2,3)43-25-28-52-51(34-43)50-27-26-48(37-53(50)63(52)55-35-44(29-30-60-55)57(4,5)6)64-49-32-41(40-19-14-12-15-20-40)31-47(36-49)62-39-61(38-54(62)58(7,8)9)46-24-18-23-45(33-46)59(10,11)42-21-16-13-17-22-42;/h12-35,38-39H,1-11H3;/q-3;. The first-order valence-corrected chi connectivity index (χ1v) is 22.4. The minimum atomic E-state index is -0.193. The predicted molar refractivity (Wildman–Crippen MR) is 267 cm³/mol. The molecule has 0 atom stereocenters. The van der Waals surface area contributed by atoms with Gasteiger partial charge in [-0.2, -0.15) is 6.07 Å². The van der Waals surface area contributed by atoms with Gasteiger partial charge in [-0.1, -0.05) is 167 Å². The number of rotatable bonds is 8. The van der Waals surface area contributed by atoms with Gasteiger partial charge in [0.1, 0.15) is 5.82 Å². The number of pyridine rings is 1. The fraction of sp³-hybridized carbons (Fsp3) is 0.254. The molecule has 8 aromatic rings. The second-order valence-electron chi connectivity index (χ2n) is 20.8. The molecule has 0 N–H and O–H groups in total. The second-order valence-corrected chi connectivity index (χ2v) is 20.8. The van der Waals surface area contributed by atoms with Gasteiger partial charge in [-0.25, -0.2) is 4.98 Å². The molecule has 0 amide bonds. The summed E-state index contributed by atoms with van der Waals surface area (Å²) < 4.78 is 9.14. The summed E-state index contributed by atoms with van der Waals surface area (Å²) in [4.78, 5) is 9.45. The van der Waals surface area contributed by atoms with E-state index in [1.165, 1.54) is 22.3 Å². The van der Waals surface area contributed by atoms with Crippen molar-refractivity contribution in [1.82, 2.24) is 9.55 Å². The van der Waals surface area contributed by atoms with Crippen LogP contribution in [0.5, 0.6) is 11.5 Å². The number of benzene rings is 6. The number of fused-ring (bicyclic) bond motifs is 3. The van der Waals surface area contributed by atoms with Gasteiger partial charge in [-0.3, -0.25) is 0 Å². The molecule has 65 heavy (non-hydrogen) atoms. The normalized spacial score (nSPS) is 13.6. The van der Waals surface area contributed by atoms with Crippen LogP contribution in [0.2, 0.25) is 0 Å². The maximum absolute atomic E-state index is 6.90. The minimum Gasteiger partial charge on any atom is -0.509 e. The first-order chi connectivity index (χ1) is 30.3. The van der Waals surface area contributed by atoms with Crippen molar-refractivity contribution in [2.24, 2.45) is 5.41 Å². The van der Waals surface area contributed by atoms with Crippen LogP contribution in [0.4, 0.5) is 11.4 Å². The van der Waals surface area contributed by atoms with Gasteiger partial charge < -0.3 is 19.1 Å². The van der Waals surface area contributed by atoms with E-state index in [4.69, 9.17) is 9.72 Å². The Kier molecular flexibility index (Phi) is 12.0. The van der Waals surface area contributed by atoms with Gasteiger partial charge in [0.25, 0.3) is 0 Å². The molecule has 2 aromatic heterocycles. The smallest absolute Gasteiger partial charge is 0.135 e. The molecule has 0 aliphatic carbocycles. The van der Waals surface area contributed by atoms with Gasteiger partial charge in [0.05, 0.1) is 0 Å². The van der Waals surface area contributed by atoms with E-state index in [9.17, 15) is 0 Å². The molecule has 1 aliphatic heterocycles. The van der Waals surface area contributed by atoms with Gasteiger partial charge in [0.15, 0.2) is 0 Å². The summed E-state index contributed by atoms with van der Waals surface area (Å²) in [5, 5.41) is 2.26. The molecular formula is C59H59N4OPt-3. The zero-order chi connectivity index (χ0) is 45.2. The van der Waals surface area contributed by atoms with E-state index in [0.717, 1.165) is 55.8 Å². The Labute approximate surface area is 401 Å². The summed E-state index contributed by atoms with van der Waals surface area (Å²) in [5.74, 6) is 2.06. The molecule has 0 spiro atoms. The Morgan fingerprint density at radius 1 is 0.538 bits per heavy atom. The van der Waals surface area contributed by atoms with Gasteiger partial charge in [0, 0.05) is 66.5 Å². The third kappa shape index (κ3) is 9.05. The van der Waals surface area contributed by atoms with Crippen molar-refractivity contribution in [3.63, 3.8) is 0 Å². The molecule has 9 rings (SSSR count). The average Bonchev–Trinajstić information content (AvgIpc) is 3.87. The SMILES string of the molecule is CC(C)(C)C1=CN(c2cccc(C(C)(C)c3ccccc3)c2)[CH-]N1c1[c-]c(Oc2[c-]c3c(cc2)c2cc(C(C)(C)C)ccc2n3-c2cc(C(C)(C)C)ccn2)cc(-c2ccccc2)c1.[Pt]. The third-order valence-corrected chi connectivity index (χ3v) is 12.7. The van der Waals surface area contributed by atoms with Gasteiger partial charge in [-0.15, -0.1) is 53.6 Å². The van der Waals surface area contributed by atoms with Crippen molar-refractivity contribution in [1.29, 1.82) is 0 Å². The molecule has 0 radical (unpaired) electrons. The summed E-state index contributed by atoms with van der Waals surface area (Å²) in [6.07, 6.45) is 4.18. The predicted octanol–water partition coefficient (Wildman–Crippen LogP) is 15.5. The number of hydrogen-bond acceptors (Lipinski definition) is 4. The number of anilines is 2. The molecule has 1 aliphatic rings. The van der Waals surface area contributed by atoms with Crippen molar-refractivity contribution >= 4 is 33.2 Å². The van der Waals surface area contributed by atoms with Crippen LogP contribution in [-0.2, 0) is 37.3 Å². The van der Waals surface area contributed by atoms with E-state index < -0.39 is 0 Å². The Hall–Kier alpha value is -5.90. The number of aromatic nitrogens is 2. The summed E-state index contributed by atoms with van der Waals surface area (Å²) in [5.41, 5.74) is 11.9. The Bertz CT molecular complexity index is 3030. The maximum atomic E-state index is 6.90. The van der Waals surface area contributed by atoms with Crippen molar-refractivity contribution in [3.8, 4) is 28.4 Å². The molecule has 0 unspecified atom stereocenters. The number of ether oxygens (including phenoxy) is 1. The summed E-state index contributed by atoms with van der Waals surface area (Å²) >= 11 is 0. The maximum Gasteiger partial charge on any atom is 0.135 e. The molecule has 0 fully saturated rings. The fourth-order valence-electron chi connectivity index (χ4n) is 8.70. The number of nitrogens with zero attached hydrogens (tertiary/aromatic N) is 4. The zero-order valence-corrected chi connectivity index (χ0v) is 41.8. The van der Waals surface area contributed by atoms with Crippen LogP contribution >= 0.6 is 0 Å². The molecule has 5 nitrogen and oxygen atoms in total.